The molecule has 0 amide bonds. The fraction of sp³-hybridized carbons (Fsp3) is 0.600. The molecule has 1 unspecified atom stereocenters. The summed E-state index contributed by atoms with van der Waals surface area (Å²) in [5.74, 6) is 0. The highest BCUT2D eigenvalue weighted by Gasteiger charge is 2.13. The summed E-state index contributed by atoms with van der Waals surface area (Å²) in [7, 11) is 0. The van der Waals surface area contributed by atoms with E-state index in [1.807, 2.05) is 12.1 Å². The maximum Gasteiger partial charge on any atom is 0.158 e. The van der Waals surface area contributed by atoms with Gasteiger partial charge in [0, 0.05) is 16.9 Å². The Labute approximate surface area is 82.5 Å². The SMILES string of the molecule is [c]1ccc(COC2CCCCO2)s1. The summed E-state index contributed by atoms with van der Waals surface area (Å²) in [5.41, 5.74) is 0. The van der Waals surface area contributed by atoms with Gasteiger partial charge in [-0.3, -0.25) is 0 Å². The van der Waals surface area contributed by atoms with Gasteiger partial charge >= 0.3 is 0 Å². The van der Waals surface area contributed by atoms with Crippen LogP contribution in [-0.2, 0) is 16.1 Å². The van der Waals surface area contributed by atoms with Crippen molar-refractivity contribution in [3.05, 3.63) is 22.4 Å². The van der Waals surface area contributed by atoms with Crippen LogP contribution >= 0.6 is 11.3 Å². The Morgan fingerprint density at radius 1 is 1.62 bits per heavy atom. The number of hydrogen-bond donors (Lipinski definition) is 0. The van der Waals surface area contributed by atoms with Crippen molar-refractivity contribution in [3.63, 3.8) is 0 Å². The van der Waals surface area contributed by atoms with Crippen LogP contribution in [0.15, 0.2) is 12.1 Å². The molecule has 0 spiro atoms. The molecule has 71 valence electrons. The van der Waals surface area contributed by atoms with Crippen molar-refractivity contribution in [3.8, 4) is 0 Å². The van der Waals surface area contributed by atoms with Gasteiger partial charge in [-0.1, -0.05) is 0 Å². The second kappa shape index (κ2) is 4.74. The van der Waals surface area contributed by atoms with Gasteiger partial charge in [0.25, 0.3) is 0 Å². The van der Waals surface area contributed by atoms with Crippen LogP contribution in [0.2, 0.25) is 0 Å². The first-order chi connectivity index (χ1) is 6.45. The quantitative estimate of drug-likeness (QED) is 0.741. The number of hydrogen-bond acceptors (Lipinski definition) is 3. The van der Waals surface area contributed by atoms with Crippen LogP contribution in [0, 0.1) is 5.38 Å². The molecule has 0 aliphatic carbocycles. The van der Waals surface area contributed by atoms with Crippen LogP contribution in [0.3, 0.4) is 0 Å². The highest BCUT2D eigenvalue weighted by molar-refractivity contribution is 7.09. The second-order valence-electron chi connectivity index (χ2n) is 3.13. The van der Waals surface area contributed by atoms with Gasteiger partial charge in [-0.2, -0.15) is 0 Å². The zero-order chi connectivity index (χ0) is 8.93. The first-order valence-corrected chi connectivity index (χ1v) is 5.45. The molecule has 1 fully saturated rings. The van der Waals surface area contributed by atoms with Crippen LogP contribution in [0.4, 0.5) is 0 Å². The van der Waals surface area contributed by atoms with Crippen molar-refractivity contribution in [1.82, 2.24) is 0 Å². The lowest BCUT2D eigenvalue weighted by atomic mass is 10.2. The zero-order valence-electron chi connectivity index (χ0n) is 7.49. The number of thiophene rings is 1. The Balaban J connectivity index is 1.72. The molecule has 0 bridgehead atoms. The Kier molecular flexibility index (Phi) is 3.35. The second-order valence-corrected chi connectivity index (χ2v) is 4.09. The summed E-state index contributed by atoms with van der Waals surface area (Å²) < 4.78 is 11.0. The Morgan fingerprint density at radius 2 is 2.62 bits per heavy atom. The predicted molar refractivity (Wildman–Crippen MR) is 51.5 cm³/mol. The lowest BCUT2D eigenvalue weighted by Crippen LogP contribution is -2.21. The van der Waals surface area contributed by atoms with E-state index in [1.54, 1.807) is 11.3 Å². The van der Waals surface area contributed by atoms with Crippen LogP contribution < -0.4 is 0 Å². The average molecular weight is 197 g/mol. The van der Waals surface area contributed by atoms with Gasteiger partial charge in [0.15, 0.2) is 6.29 Å². The third-order valence-corrected chi connectivity index (χ3v) is 2.85. The van der Waals surface area contributed by atoms with Crippen molar-refractivity contribution >= 4 is 11.3 Å². The van der Waals surface area contributed by atoms with Gasteiger partial charge in [0.05, 0.1) is 6.61 Å². The van der Waals surface area contributed by atoms with Crippen molar-refractivity contribution in [1.29, 1.82) is 0 Å². The van der Waals surface area contributed by atoms with E-state index in [1.165, 1.54) is 17.7 Å². The van der Waals surface area contributed by atoms with Gasteiger partial charge < -0.3 is 9.47 Å². The van der Waals surface area contributed by atoms with E-state index in [9.17, 15) is 0 Å². The minimum atomic E-state index is 0.0239. The predicted octanol–water partition coefficient (Wildman–Crippen LogP) is 2.59. The molecule has 0 N–H and O–H groups in total. The van der Waals surface area contributed by atoms with Crippen molar-refractivity contribution < 1.29 is 9.47 Å². The van der Waals surface area contributed by atoms with Gasteiger partial charge in [-0.05, 0) is 31.4 Å². The molecule has 3 heteroatoms. The van der Waals surface area contributed by atoms with E-state index in [0.29, 0.717) is 6.61 Å². The van der Waals surface area contributed by atoms with E-state index in [4.69, 9.17) is 9.47 Å². The maximum absolute atomic E-state index is 5.60. The van der Waals surface area contributed by atoms with E-state index in [-0.39, 0.29) is 6.29 Å². The minimum absolute atomic E-state index is 0.0239. The molecule has 13 heavy (non-hydrogen) atoms. The van der Waals surface area contributed by atoms with Crippen LogP contribution in [0.1, 0.15) is 24.1 Å². The first-order valence-electron chi connectivity index (χ1n) is 4.63. The summed E-state index contributed by atoms with van der Waals surface area (Å²) in [6.45, 7) is 1.51. The molecule has 2 nitrogen and oxygen atoms in total. The summed E-state index contributed by atoms with van der Waals surface area (Å²) in [5, 5.41) is 3.04. The van der Waals surface area contributed by atoms with Gasteiger partial charge in [0.2, 0.25) is 0 Å². The lowest BCUT2D eigenvalue weighted by Gasteiger charge is -2.22. The van der Waals surface area contributed by atoms with Crippen LogP contribution in [-0.4, -0.2) is 12.9 Å². The average Bonchev–Trinajstić information content (AvgIpc) is 2.69. The Hall–Kier alpha value is -0.380. The number of rotatable bonds is 3. The fourth-order valence-electron chi connectivity index (χ4n) is 1.37. The molecular formula is C10H13O2S. The summed E-state index contributed by atoms with van der Waals surface area (Å²) in [6.07, 6.45) is 3.46. The van der Waals surface area contributed by atoms with Crippen molar-refractivity contribution in [2.75, 3.05) is 6.61 Å². The van der Waals surface area contributed by atoms with Crippen molar-refractivity contribution in [2.45, 2.75) is 32.2 Å². The Morgan fingerprint density at radius 3 is 3.31 bits per heavy atom. The number of ether oxygens (including phenoxy) is 2. The van der Waals surface area contributed by atoms with Crippen LogP contribution in [0.5, 0.6) is 0 Å². The van der Waals surface area contributed by atoms with Crippen LogP contribution in [0.25, 0.3) is 0 Å². The first kappa shape index (κ1) is 9.19. The molecule has 1 aromatic heterocycles. The van der Waals surface area contributed by atoms with E-state index >= 15 is 0 Å². The normalized spacial score (nSPS) is 23.2. The molecule has 1 aromatic rings. The molecular weight excluding hydrogens is 184 g/mol. The monoisotopic (exact) mass is 197 g/mol. The standard InChI is InChI=1S/C10H13O2S/c1-2-6-11-10(5-1)12-8-9-4-3-7-13-9/h3-4,10H,1-2,5-6,8H2. The molecule has 1 aliphatic rings. The summed E-state index contributed by atoms with van der Waals surface area (Å²) in [6, 6.07) is 3.96. The fourth-order valence-corrected chi connectivity index (χ4v) is 1.92. The molecule has 1 saturated heterocycles. The molecule has 0 aromatic carbocycles. The summed E-state index contributed by atoms with van der Waals surface area (Å²) in [4.78, 5) is 1.22. The third kappa shape index (κ3) is 2.79. The lowest BCUT2D eigenvalue weighted by molar-refractivity contribution is -0.168. The molecule has 2 heterocycles. The largest absolute Gasteiger partial charge is 0.353 e. The minimum Gasteiger partial charge on any atom is -0.353 e. The van der Waals surface area contributed by atoms with Gasteiger partial charge in [0.1, 0.15) is 0 Å². The molecule has 1 radical (unpaired) electrons. The highest BCUT2D eigenvalue weighted by atomic mass is 32.1. The van der Waals surface area contributed by atoms with Gasteiger partial charge in [-0.25, -0.2) is 0 Å². The molecule has 1 aliphatic heterocycles. The smallest absolute Gasteiger partial charge is 0.158 e. The molecule has 0 saturated carbocycles. The van der Waals surface area contributed by atoms with Crippen molar-refractivity contribution in [2.24, 2.45) is 0 Å². The Bertz CT molecular complexity index is 227. The zero-order valence-corrected chi connectivity index (χ0v) is 8.31. The molecule has 1 atom stereocenters. The van der Waals surface area contributed by atoms with E-state index < -0.39 is 0 Å². The summed E-state index contributed by atoms with van der Waals surface area (Å²) >= 11 is 1.61. The highest BCUT2D eigenvalue weighted by Crippen LogP contribution is 2.17. The maximum atomic E-state index is 5.60. The van der Waals surface area contributed by atoms with E-state index in [0.717, 1.165) is 13.0 Å². The molecule has 2 rings (SSSR count). The topological polar surface area (TPSA) is 18.5 Å². The van der Waals surface area contributed by atoms with E-state index in [2.05, 4.69) is 5.38 Å². The third-order valence-electron chi connectivity index (χ3n) is 2.08. The van der Waals surface area contributed by atoms with Gasteiger partial charge in [-0.15, -0.1) is 11.3 Å².